The molecule has 1 rings (SSSR count). The number of hydrogen-bond acceptors (Lipinski definition) is 5. The van der Waals surface area contributed by atoms with Crippen LogP contribution in [-0.2, 0) is 22.9 Å². The lowest BCUT2D eigenvalue weighted by Crippen LogP contribution is -2.29. The van der Waals surface area contributed by atoms with E-state index in [-0.39, 0.29) is 12.2 Å². The zero-order valence-corrected chi connectivity index (χ0v) is 26.2. The molecule has 1 heterocycles. The van der Waals surface area contributed by atoms with Crippen LogP contribution in [-0.4, -0.2) is 32.5 Å². The average Bonchev–Trinajstić information content (AvgIpc) is 3.38. The van der Waals surface area contributed by atoms with Crippen molar-refractivity contribution in [1.29, 1.82) is 0 Å². The Morgan fingerprint density at radius 2 is 1.24 bits per heavy atom. The first-order valence-electron chi connectivity index (χ1n) is 16.1. The lowest BCUT2D eigenvalue weighted by atomic mass is 9.80. The van der Waals surface area contributed by atoms with Gasteiger partial charge in [0, 0.05) is 13.7 Å². The van der Waals surface area contributed by atoms with E-state index in [1.807, 2.05) is 0 Å². The molecule has 0 aromatic rings. The summed E-state index contributed by atoms with van der Waals surface area (Å²) in [5.41, 5.74) is 0. The fourth-order valence-corrected chi connectivity index (χ4v) is 6.90. The van der Waals surface area contributed by atoms with Crippen LogP contribution >= 0.6 is 7.82 Å². The first-order valence-corrected chi connectivity index (χ1v) is 17.6. The van der Waals surface area contributed by atoms with Gasteiger partial charge in [0.25, 0.3) is 0 Å². The van der Waals surface area contributed by atoms with Gasteiger partial charge in [0.15, 0.2) is 0 Å². The first-order chi connectivity index (χ1) is 18.0. The van der Waals surface area contributed by atoms with Gasteiger partial charge in [-0.2, -0.15) is 0 Å². The molecular weight excluding hydrogens is 483 g/mol. The molecule has 0 saturated carbocycles. The van der Waals surface area contributed by atoms with Crippen LogP contribution in [0, 0.1) is 11.8 Å². The molecule has 222 valence electrons. The second-order valence-corrected chi connectivity index (χ2v) is 13.0. The standard InChI is InChI=1S/C31H63O5P/c1-6-10-14-17-20-24-29(23-13-9-4)36-37(32,33-5)35-27-31-30(25-26-34-31)28(21-18-15-11-7-2)22-19-16-12-8-3/h28-31H,6-27H2,1-5H3/t29?,30?,31-,37?/m0/s1. The van der Waals surface area contributed by atoms with Crippen LogP contribution in [0.1, 0.15) is 156 Å². The number of phosphoric acid groups is 1. The van der Waals surface area contributed by atoms with Crippen molar-refractivity contribution in [3.05, 3.63) is 0 Å². The highest BCUT2D eigenvalue weighted by atomic mass is 31.2. The van der Waals surface area contributed by atoms with Crippen LogP contribution in [0.2, 0.25) is 0 Å². The molecule has 0 aliphatic carbocycles. The van der Waals surface area contributed by atoms with Gasteiger partial charge in [-0.15, -0.1) is 0 Å². The van der Waals surface area contributed by atoms with Gasteiger partial charge in [-0.3, -0.25) is 13.6 Å². The van der Waals surface area contributed by atoms with Crippen molar-refractivity contribution >= 4 is 7.82 Å². The zero-order chi connectivity index (χ0) is 27.2. The summed E-state index contributed by atoms with van der Waals surface area (Å²) >= 11 is 0. The molecule has 0 bridgehead atoms. The van der Waals surface area contributed by atoms with Crippen molar-refractivity contribution in [2.75, 3.05) is 20.3 Å². The fraction of sp³-hybridized carbons (Fsp3) is 1.00. The number of ether oxygens (including phenoxy) is 1. The second-order valence-electron chi connectivity index (χ2n) is 11.3. The Hall–Kier alpha value is 0.0700. The Morgan fingerprint density at radius 1 is 0.730 bits per heavy atom. The van der Waals surface area contributed by atoms with Gasteiger partial charge in [-0.25, -0.2) is 4.57 Å². The van der Waals surface area contributed by atoms with E-state index in [2.05, 4.69) is 27.7 Å². The third kappa shape index (κ3) is 16.1. The average molecular weight is 547 g/mol. The molecule has 1 fully saturated rings. The predicted molar refractivity (Wildman–Crippen MR) is 157 cm³/mol. The maximum atomic E-state index is 13.5. The molecule has 37 heavy (non-hydrogen) atoms. The van der Waals surface area contributed by atoms with Crippen molar-refractivity contribution in [2.24, 2.45) is 11.8 Å². The molecule has 1 aliphatic heterocycles. The van der Waals surface area contributed by atoms with Crippen LogP contribution in [0.5, 0.6) is 0 Å². The van der Waals surface area contributed by atoms with E-state index in [0.717, 1.165) is 45.1 Å². The maximum absolute atomic E-state index is 13.5. The zero-order valence-electron chi connectivity index (χ0n) is 25.4. The second kappa shape index (κ2) is 22.8. The third-order valence-corrected chi connectivity index (χ3v) is 9.60. The van der Waals surface area contributed by atoms with Crippen molar-refractivity contribution in [3.63, 3.8) is 0 Å². The van der Waals surface area contributed by atoms with E-state index in [4.69, 9.17) is 18.3 Å². The summed E-state index contributed by atoms with van der Waals surface area (Å²) in [6, 6.07) is 0. The van der Waals surface area contributed by atoms with Crippen molar-refractivity contribution in [1.82, 2.24) is 0 Å². The minimum Gasteiger partial charge on any atom is -0.375 e. The summed E-state index contributed by atoms with van der Waals surface area (Å²) in [7, 11) is -2.15. The molecule has 3 unspecified atom stereocenters. The van der Waals surface area contributed by atoms with Gasteiger partial charge in [0.1, 0.15) is 0 Å². The highest BCUT2D eigenvalue weighted by molar-refractivity contribution is 7.48. The minimum atomic E-state index is -3.61. The minimum absolute atomic E-state index is 0.0161. The molecular formula is C31H63O5P. The van der Waals surface area contributed by atoms with Crippen LogP contribution in [0.3, 0.4) is 0 Å². The molecule has 0 amide bonds. The molecule has 0 N–H and O–H groups in total. The molecule has 0 spiro atoms. The van der Waals surface area contributed by atoms with Gasteiger partial charge in [-0.1, -0.05) is 137 Å². The van der Waals surface area contributed by atoms with Crippen LogP contribution < -0.4 is 0 Å². The highest BCUT2D eigenvalue weighted by Crippen LogP contribution is 2.51. The Balaban J connectivity index is 2.69. The molecule has 0 radical (unpaired) electrons. The quantitative estimate of drug-likeness (QED) is 0.0797. The Bertz CT molecular complexity index is 546. The Labute approximate surface area is 231 Å². The number of phosphoric ester groups is 1. The van der Waals surface area contributed by atoms with Crippen LogP contribution in [0.4, 0.5) is 0 Å². The number of hydrogen-bond donors (Lipinski definition) is 0. The highest BCUT2D eigenvalue weighted by Gasteiger charge is 2.37. The topological polar surface area (TPSA) is 54.0 Å². The summed E-state index contributed by atoms with van der Waals surface area (Å²) in [6.07, 6.45) is 24.0. The summed E-state index contributed by atoms with van der Waals surface area (Å²) in [4.78, 5) is 0. The molecule has 1 saturated heterocycles. The normalized spacial score (nSPS) is 20.5. The molecule has 5 nitrogen and oxygen atoms in total. The maximum Gasteiger partial charge on any atom is 0.474 e. The van der Waals surface area contributed by atoms with E-state index < -0.39 is 7.82 Å². The van der Waals surface area contributed by atoms with Crippen molar-refractivity contribution in [3.8, 4) is 0 Å². The smallest absolute Gasteiger partial charge is 0.375 e. The lowest BCUT2D eigenvalue weighted by molar-refractivity contribution is 0.00779. The van der Waals surface area contributed by atoms with E-state index >= 15 is 0 Å². The summed E-state index contributed by atoms with van der Waals surface area (Å²) in [6.45, 7) is 10.0. The number of rotatable bonds is 26. The van der Waals surface area contributed by atoms with E-state index in [1.165, 1.54) is 97.0 Å². The Morgan fingerprint density at radius 3 is 1.81 bits per heavy atom. The van der Waals surface area contributed by atoms with E-state index in [9.17, 15) is 4.57 Å². The monoisotopic (exact) mass is 546 g/mol. The first kappa shape index (κ1) is 35.1. The summed E-state index contributed by atoms with van der Waals surface area (Å²) in [5, 5.41) is 0. The summed E-state index contributed by atoms with van der Waals surface area (Å²) in [5.74, 6) is 1.14. The van der Waals surface area contributed by atoms with Gasteiger partial charge in [0.2, 0.25) is 0 Å². The molecule has 4 atom stereocenters. The largest absolute Gasteiger partial charge is 0.474 e. The Kier molecular flexibility index (Phi) is 21.7. The van der Waals surface area contributed by atoms with E-state index in [0.29, 0.717) is 18.4 Å². The molecule has 1 aliphatic rings. The van der Waals surface area contributed by atoms with Crippen molar-refractivity contribution < 1.29 is 22.9 Å². The SMILES string of the molecule is CCCCCCCC(CCCC)OP(=O)(OC)OC[C@@H]1OCCC1C(CCCCCC)CCCCCC. The van der Waals surface area contributed by atoms with Crippen LogP contribution in [0.15, 0.2) is 0 Å². The fourth-order valence-electron chi connectivity index (χ4n) is 5.75. The summed E-state index contributed by atoms with van der Waals surface area (Å²) < 4.78 is 37.1. The molecule has 0 aromatic heterocycles. The van der Waals surface area contributed by atoms with Gasteiger partial charge < -0.3 is 4.74 Å². The van der Waals surface area contributed by atoms with E-state index in [1.54, 1.807) is 0 Å². The van der Waals surface area contributed by atoms with Crippen LogP contribution in [0.25, 0.3) is 0 Å². The third-order valence-electron chi connectivity index (χ3n) is 8.13. The molecule has 0 aromatic carbocycles. The van der Waals surface area contributed by atoms with Gasteiger partial charge in [0.05, 0.1) is 18.8 Å². The predicted octanol–water partition coefficient (Wildman–Crippen LogP) is 10.7. The van der Waals surface area contributed by atoms with Gasteiger partial charge >= 0.3 is 7.82 Å². The number of unbranched alkanes of at least 4 members (excludes halogenated alkanes) is 11. The molecule has 6 heteroatoms. The van der Waals surface area contributed by atoms with Crippen molar-refractivity contribution in [2.45, 2.75) is 168 Å². The lowest BCUT2D eigenvalue weighted by Gasteiger charge is -2.29. The van der Waals surface area contributed by atoms with Gasteiger partial charge in [-0.05, 0) is 31.1 Å².